The summed E-state index contributed by atoms with van der Waals surface area (Å²) in [6, 6.07) is 20.8. The maximum atomic E-state index is 12.8. The third kappa shape index (κ3) is 4.73. The molecule has 3 aromatic carbocycles. The summed E-state index contributed by atoms with van der Waals surface area (Å²) in [5.74, 6) is 0. The van der Waals surface area contributed by atoms with Crippen molar-refractivity contribution in [3.05, 3.63) is 71.8 Å². The zero-order chi connectivity index (χ0) is 20.3. The van der Waals surface area contributed by atoms with Gasteiger partial charge in [-0.25, -0.2) is 13.1 Å². The minimum absolute atomic E-state index is 0.336. The molecule has 0 radical (unpaired) electrons. The first kappa shape index (κ1) is 20.2. The number of nitrogens with one attached hydrogen (secondary N) is 1. The normalized spacial score (nSPS) is 15.7. The number of nitrogens with zero attached hydrogens (tertiary/aromatic N) is 2. The van der Waals surface area contributed by atoms with Gasteiger partial charge in [0.1, 0.15) is 0 Å². The van der Waals surface area contributed by atoms with Crippen LogP contribution in [0.4, 0.5) is 5.69 Å². The van der Waals surface area contributed by atoms with Crippen molar-refractivity contribution in [3.8, 4) is 0 Å². The first-order valence-electron chi connectivity index (χ1n) is 9.73. The third-order valence-corrected chi connectivity index (χ3v) is 7.09. The summed E-state index contributed by atoms with van der Waals surface area (Å²) in [6.45, 7) is 4.72. The van der Waals surface area contributed by atoms with Gasteiger partial charge >= 0.3 is 0 Å². The smallest absolute Gasteiger partial charge is 0.241 e. The summed E-state index contributed by atoms with van der Waals surface area (Å²) in [5.41, 5.74) is 1.17. The molecule has 3 aromatic rings. The Labute approximate surface area is 176 Å². The molecule has 0 aromatic heterocycles. The van der Waals surface area contributed by atoms with Crippen molar-refractivity contribution in [1.82, 2.24) is 9.62 Å². The largest absolute Gasteiger partial charge is 0.369 e. The molecule has 1 heterocycles. The van der Waals surface area contributed by atoms with Gasteiger partial charge in [-0.1, -0.05) is 48.0 Å². The molecule has 1 saturated heterocycles. The van der Waals surface area contributed by atoms with Crippen LogP contribution in [0.1, 0.15) is 0 Å². The molecule has 0 bridgehead atoms. The van der Waals surface area contributed by atoms with Crippen LogP contribution in [0, 0.1) is 0 Å². The lowest BCUT2D eigenvalue weighted by atomic mass is 10.1. The Morgan fingerprint density at radius 2 is 1.55 bits per heavy atom. The fourth-order valence-corrected chi connectivity index (χ4v) is 5.10. The Kier molecular flexibility index (Phi) is 6.06. The average molecular weight is 430 g/mol. The van der Waals surface area contributed by atoms with Gasteiger partial charge in [-0.05, 0) is 35.7 Å². The number of piperazine rings is 1. The summed E-state index contributed by atoms with van der Waals surface area (Å²) < 4.78 is 28.4. The second-order valence-corrected chi connectivity index (χ2v) is 9.35. The summed E-state index contributed by atoms with van der Waals surface area (Å²) in [6.07, 6.45) is 0. The highest BCUT2D eigenvalue weighted by Crippen LogP contribution is 2.22. The molecule has 1 aliphatic heterocycles. The monoisotopic (exact) mass is 429 g/mol. The predicted molar refractivity (Wildman–Crippen MR) is 119 cm³/mol. The number of hydrogen-bond donors (Lipinski definition) is 1. The van der Waals surface area contributed by atoms with Crippen molar-refractivity contribution in [3.63, 3.8) is 0 Å². The topological polar surface area (TPSA) is 52.7 Å². The second-order valence-electron chi connectivity index (χ2n) is 7.18. The van der Waals surface area contributed by atoms with Crippen molar-refractivity contribution in [2.75, 3.05) is 44.2 Å². The van der Waals surface area contributed by atoms with E-state index in [0.717, 1.165) is 42.0 Å². The van der Waals surface area contributed by atoms with Crippen LogP contribution in [0.15, 0.2) is 71.6 Å². The Morgan fingerprint density at radius 1 is 0.862 bits per heavy atom. The van der Waals surface area contributed by atoms with Crippen LogP contribution in [-0.4, -0.2) is 52.6 Å². The molecule has 0 spiro atoms. The lowest BCUT2D eigenvalue weighted by Gasteiger charge is -2.36. The van der Waals surface area contributed by atoms with E-state index < -0.39 is 10.0 Å². The Hall–Kier alpha value is -2.12. The molecular weight excluding hydrogens is 406 g/mol. The number of hydrogen-bond acceptors (Lipinski definition) is 4. The van der Waals surface area contributed by atoms with Gasteiger partial charge in [0.2, 0.25) is 10.0 Å². The molecule has 5 nitrogen and oxygen atoms in total. The van der Waals surface area contributed by atoms with Crippen LogP contribution in [0.3, 0.4) is 0 Å². The van der Waals surface area contributed by atoms with Gasteiger partial charge in [-0.15, -0.1) is 0 Å². The highest BCUT2D eigenvalue weighted by atomic mass is 35.5. The molecule has 7 heteroatoms. The number of rotatable bonds is 6. The van der Waals surface area contributed by atoms with Gasteiger partial charge in [0.05, 0.1) is 4.90 Å². The molecule has 0 atom stereocenters. The number of benzene rings is 3. The van der Waals surface area contributed by atoms with Crippen LogP contribution in [-0.2, 0) is 10.0 Å². The van der Waals surface area contributed by atoms with E-state index in [1.165, 1.54) is 5.69 Å². The summed E-state index contributed by atoms with van der Waals surface area (Å²) in [5, 5.41) is 2.42. The van der Waals surface area contributed by atoms with Crippen LogP contribution < -0.4 is 9.62 Å². The zero-order valence-electron chi connectivity index (χ0n) is 16.1. The quantitative estimate of drug-likeness (QED) is 0.650. The molecule has 29 heavy (non-hydrogen) atoms. The number of anilines is 1. The van der Waals surface area contributed by atoms with Crippen LogP contribution in [0.25, 0.3) is 10.8 Å². The van der Waals surface area contributed by atoms with E-state index in [1.807, 2.05) is 54.6 Å². The Balaban J connectivity index is 1.32. The molecular formula is C22H24ClN3O2S. The van der Waals surface area contributed by atoms with Crippen molar-refractivity contribution in [2.24, 2.45) is 0 Å². The first-order valence-corrected chi connectivity index (χ1v) is 11.6. The number of sulfonamides is 1. The number of fused-ring (bicyclic) bond motifs is 1. The van der Waals surface area contributed by atoms with Gasteiger partial charge < -0.3 is 4.90 Å². The summed E-state index contributed by atoms with van der Waals surface area (Å²) in [7, 11) is -3.55. The van der Waals surface area contributed by atoms with Gasteiger partial charge in [-0.2, -0.15) is 0 Å². The molecule has 0 aliphatic carbocycles. The molecule has 0 saturated carbocycles. The molecule has 4 rings (SSSR count). The second kappa shape index (κ2) is 8.71. The van der Waals surface area contributed by atoms with Gasteiger partial charge in [0.15, 0.2) is 0 Å². The van der Waals surface area contributed by atoms with Crippen molar-refractivity contribution < 1.29 is 8.42 Å². The fourth-order valence-electron chi connectivity index (χ4n) is 3.73. The van der Waals surface area contributed by atoms with E-state index in [2.05, 4.69) is 14.5 Å². The highest BCUT2D eigenvalue weighted by Gasteiger charge is 2.19. The SMILES string of the molecule is O=S(=O)(NCCN1CCN(c2ccc(Cl)cc2)CC1)c1cccc2ccccc12. The molecule has 1 fully saturated rings. The third-order valence-electron chi connectivity index (χ3n) is 5.32. The lowest BCUT2D eigenvalue weighted by molar-refractivity contribution is 0.262. The first-order chi connectivity index (χ1) is 14.0. The number of halogens is 1. The summed E-state index contributed by atoms with van der Waals surface area (Å²) >= 11 is 5.96. The van der Waals surface area contributed by atoms with Crippen molar-refractivity contribution in [2.45, 2.75) is 4.90 Å². The van der Waals surface area contributed by atoms with E-state index in [4.69, 9.17) is 11.6 Å². The maximum Gasteiger partial charge on any atom is 0.241 e. The van der Waals surface area contributed by atoms with E-state index in [9.17, 15) is 8.42 Å². The van der Waals surface area contributed by atoms with Gasteiger partial charge in [-0.3, -0.25) is 4.90 Å². The van der Waals surface area contributed by atoms with Gasteiger partial charge in [0.25, 0.3) is 0 Å². The van der Waals surface area contributed by atoms with Crippen LogP contribution in [0.5, 0.6) is 0 Å². The standard InChI is InChI=1S/C22H24ClN3O2S/c23-19-8-10-20(11-9-19)26-16-14-25(15-17-26)13-12-24-29(27,28)22-7-3-5-18-4-1-2-6-21(18)22/h1-11,24H,12-17H2. The van der Waals surface area contributed by atoms with Crippen molar-refractivity contribution in [1.29, 1.82) is 0 Å². The fraction of sp³-hybridized carbons (Fsp3) is 0.273. The average Bonchev–Trinajstić information content (AvgIpc) is 2.74. The van der Waals surface area contributed by atoms with E-state index in [1.54, 1.807) is 12.1 Å². The van der Waals surface area contributed by atoms with Gasteiger partial charge in [0, 0.05) is 55.4 Å². The molecule has 0 unspecified atom stereocenters. The molecule has 1 N–H and O–H groups in total. The van der Waals surface area contributed by atoms with Crippen LogP contribution >= 0.6 is 11.6 Å². The molecule has 0 amide bonds. The minimum Gasteiger partial charge on any atom is -0.369 e. The highest BCUT2D eigenvalue weighted by molar-refractivity contribution is 7.89. The minimum atomic E-state index is -3.55. The Bertz CT molecular complexity index is 1070. The van der Waals surface area contributed by atoms with Crippen molar-refractivity contribution >= 4 is 38.1 Å². The summed E-state index contributed by atoms with van der Waals surface area (Å²) in [4.78, 5) is 4.95. The van der Waals surface area contributed by atoms with Crippen LogP contribution in [0.2, 0.25) is 5.02 Å². The van der Waals surface area contributed by atoms with E-state index in [-0.39, 0.29) is 0 Å². The molecule has 152 valence electrons. The van der Waals surface area contributed by atoms with E-state index in [0.29, 0.717) is 18.0 Å². The Morgan fingerprint density at radius 3 is 2.31 bits per heavy atom. The molecule has 1 aliphatic rings. The van der Waals surface area contributed by atoms with E-state index >= 15 is 0 Å². The lowest BCUT2D eigenvalue weighted by Crippen LogP contribution is -2.48. The predicted octanol–water partition coefficient (Wildman–Crippen LogP) is 3.59. The zero-order valence-corrected chi connectivity index (χ0v) is 17.7. The maximum absolute atomic E-state index is 12.8.